The summed E-state index contributed by atoms with van der Waals surface area (Å²) in [4.78, 5) is 10.7. The molecule has 0 spiro atoms. The zero-order valence-corrected chi connectivity index (χ0v) is 8.73. The zero-order valence-electron chi connectivity index (χ0n) is 7.83. The number of carbonyl (C=O) groups is 1. The third kappa shape index (κ3) is 4.49. The minimum Gasteiger partial charge on any atom is -0.453 e. The molecule has 72 valence electrons. The van der Waals surface area contributed by atoms with Gasteiger partial charge in [0.15, 0.2) is 0 Å². The van der Waals surface area contributed by atoms with E-state index in [4.69, 9.17) is 0 Å². The maximum Gasteiger partial charge on any atom is 0.406 e. The van der Waals surface area contributed by atoms with Gasteiger partial charge in [-0.3, -0.25) is 0 Å². The summed E-state index contributed by atoms with van der Waals surface area (Å²) in [7, 11) is 1.35. The first-order chi connectivity index (χ1) is 5.61. The topological polar surface area (TPSA) is 38.3 Å². The molecule has 2 atom stereocenters. The highest BCUT2D eigenvalue weighted by Crippen LogP contribution is 2.12. The molecule has 0 aliphatic rings. The summed E-state index contributed by atoms with van der Waals surface area (Å²) in [5, 5.41) is 2.81. The van der Waals surface area contributed by atoms with E-state index in [0.717, 1.165) is 6.42 Å². The van der Waals surface area contributed by atoms with Gasteiger partial charge in [0.25, 0.3) is 0 Å². The number of carbonyl (C=O) groups excluding carboxylic acids is 1. The van der Waals surface area contributed by atoms with Crippen molar-refractivity contribution < 1.29 is 9.53 Å². The first-order valence-corrected chi connectivity index (χ1v) is 4.63. The fourth-order valence-corrected chi connectivity index (χ4v) is 1.04. The maximum absolute atomic E-state index is 10.7. The Kier molecular flexibility index (Phi) is 5.98. The maximum atomic E-state index is 10.7. The average Bonchev–Trinajstić information content (AvgIpc) is 2.11. The summed E-state index contributed by atoms with van der Waals surface area (Å²) in [5.41, 5.74) is 0. The van der Waals surface area contributed by atoms with Crippen LogP contribution in [0.3, 0.4) is 0 Å². The smallest absolute Gasteiger partial charge is 0.406 e. The van der Waals surface area contributed by atoms with Crippen LogP contribution < -0.4 is 5.32 Å². The average molecular weight is 191 g/mol. The van der Waals surface area contributed by atoms with E-state index in [-0.39, 0.29) is 5.25 Å². The molecular formula is C8H17NO2S. The van der Waals surface area contributed by atoms with Crippen LogP contribution in [0.1, 0.15) is 20.3 Å². The summed E-state index contributed by atoms with van der Waals surface area (Å²) >= 11 is 4.35. The molecule has 0 aromatic heterocycles. The highest BCUT2D eigenvalue weighted by molar-refractivity contribution is 7.81. The van der Waals surface area contributed by atoms with E-state index in [1.54, 1.807) is 0 Å². The van der Waals surface area contributed by atoms with Crippen molar-refractivity contribution in [1.82, 2.24) is 5.32 Å². The minimum absolute atomic E-state index is 0.203. The summed E-state index contributed by atoms with van der Waals surface area (Å²) in [6.07, 6.45) is 0.675. The molecular weight excluding hydrogens is 174 g/mol. The third-order valence-electron chi connectivity index (χ3n) is 1.94. The van der Waals surface area contributed by atoms with Crippen molar-refractivity contribution >= 4 is 18.7 Å². The quantitative estimate of drug-likeness (QED) is 0.664. The number of ether oxygens (including phenoxy) is 1. The third-order valence-corrected chi connectivity index (χ3v) is 2.63. The van der Waals surface area contributed by atoms with E-state index in [0.29, 0.717) is 12.5 Å². The van der Waals surface area contributed by atoms with Crippen LogP contribution in [0.5, 0.6) is 0 Å². The van der Waals surface area contributed by atoms with Crippen molar-refractivity contribution in [2.75, 3.05) is 13.7 Å². The van der Waals surface area contributed by atoms with Gasteiger partial charge in [-0.1, -0.05) is 20.3 Å². The number of methoxy groups -OCH3 is 1. The van der Waals surface area contributed by atoms with Crippen LogP contribution in [-0.2, 0) is 4.74 Å². The lowest BCUT2D eigenvalue weighted by Gasteiger charge is -2.17. The molecule has 0 saturated carbocycles. The van der Waals surface area contributed by atoms with E-state index in [1.165, 1.54) is 7.11 Å². The lowest BCUT2D eigenvalue weighted by molar-refractivity contribution is 0.170. The summed E-state index contributed by atoms with van der Waals surface area (Å²) < 4.78 is 4.43. The van der Waals surface area contributed by atoms with Gasteiger partial charge in [-0.2, -0.15) is 12.6 Å². The zero-order chi connectivity index (χ0) is 9.56. The van der Waals surface area contributed by atoms with Crippen molar-refractivity contribution in [3.8, 4) is 0 Å². The lowest BCUT2D eigenvalue weighted by atomic mass is 10.1. The van der Waals surface area contributed by atoms with Crippen molar-refractivity contribution in [2.24, 2.45) is 5.92 Å². The first kappa shape index (κ1) is 11.6. The molecule has 1 amide bonds. The molecule has 0 aliphatic heterocycles. The Morgan fingerprint density at radius 3 is 2.67 bits per heavy atom. The number of thiol groups is 1. The van der Waals surface area contributed by atoms with Gasteiger partial charge in [0, 0.05) is 11.8 Å². The fraction of sp³-hybridized carbons (Fsp3) is 0.875. The molecule has 0 unspecified atom stereocenters. The molecule has 0 aromatic rings. The molecule has 0 aliphatic carbocycles. The largest absolute Gasteiger partial charge is 0.453 e. The predicted molar refractivity (Wildman–Crippen MR) is 52.6 cm³/mol. The predicted octanol–water partition coefficient (Wildman–Crippen LogP) is 1.69. The number of amides is 1. The number of hydrogen-bond acceptors (Lipinski definition) is 3. The molecule has 0 radical (unpaired) electrons. The standard InChI is InChI=1S/C8H17NO2S/c1-4-6(2)7(12)5-9-8(10)11-3/h6-7,12H,4-5H2,1-3H3,(H,9,10)/t6-,7-/m0/s1. The van der Waals surface area contributed by atoms with Crippen LogP contribution in [0.15, 0.2) is 0 Å². The number of alkyl carbamates (subject to hydrolysis) is 1. The van der Waals surface area contributed by atoms with Crippen molar-refractivity contribution in [3.63, 3.8) is 0 Å². The van der Waals surface area contributed by atoms with Gasteiger partial charge < -0.3 is 10.1 Å². The molecule has 4 heteroatoms. The molecule has 0 fully saturated rings. The van der Waals surface area contributed by atoms with Crippen molar-refractivity contribution in [2.45, 2.75) is 25.5 Å². The minimum atomic E-state index is -0.391. The second-order valence-electron chi connectivity index (χ2n) is 2.83. The Hall–Kier alpha value is -0.380. The summed E-state index contributed by atoms with van der Waals surface area (Å²) in [5.74, 6) is 0.505. The Labute approximate surface area is 79.3 Å². The number of hydrogen-bond donors (Lipinski definition) is 2. The van der Waals surface area contributed by atoms with Gasteiger partial charge in [0.05, 0.1) is 7.11 Å². The monoisotopic (exact) mass is 191 g/mol. The van der Waals surface area contributed by atoms with Crippen LogP contribution >= 0.6 is 12.6 Å². The van der Waals surface area contributed by atoms with Gasteiger partial charge >= 0.3 is 6.09 Å². The van der Waals surface area contributed by atoms with Crippen LogP contribution in [0.4, 0.5) is 4.79 Å². The highest BCUT2D eigenvalue weighted by Gasteiger charge is 2.11. The SMILES string of the molecule is CC[C@H](C)[C@@H](S)CNC(=O)OC. The second-order valence-corrected chi connectivity index (χ2v) is 3.49. The molecule has 1 N–H and O–H groups in total. The second kappa shape index (κ2) is 6.17. The summed E-state index contributed by atoms with van der Waals surface area (Å²) in [6, 6.07) is 0. The molecule has 0 heterocycles. The van der Waals surface area contributed by atoms with E-state index in [1.807, 2.05) is 0 Å². The number of rotatable bonds is 4. The van der Waals surface area contributed by atoms with E-state index >= 15 is 0 Å². The van der Waals surface area contributed by atoms with Crippen molar-refractivity contribution in [3.05, 3.63) is 0 Å². The van der Waals surface area contributed by atoms with Crippen LogP contribution in [-0.4, -0.2) is 25.0 Å². The number of nitrogens with one attached hydrogen (secondary N) is 1. The van der Waals surface area contributed by atoms with Crippen LogP contribution in [0.25, 0.3) is 0 Å². The Morgan fingerprint density at radius 1 is 1.67 bits per heavy atom. The fourth-order valence-electron chi connectivity index (χ4n) is 0.733. The van der Waals surface area contributed by atoms with Gasteiger partial charge in [-0.25, -0.2) is 4.79 Å². The molecule has 12 heavy (non-hydrogen) atoms. The highest BCUT2D eigenvalue weighted by atomic mass is 32.1. The molecule has 0 bridgehead atoms. The van der Waals surface area contributed by atoms with E-state index < -0.39 is 6.09 Å². The van der Waals surface area contributed by atoms with Gasteiger partial charge in [-0.05, 0) is 5.92 Å². The first-order valence-electron chi connectivity index (χ1n) is 4.11. The van der Waals surface area contributed by atoms with E-state index in [2.05, 4.69) is 36.5 Å². The van der Waals surface area contributed by atoms with Crippen LogP contribution in [0, 0.1) is 5.92 Å². The normalized spacial score (nSPS) is 15.0. The Morgan fingerprint density at radius 2 is 2.25 bits per heavy atom. The van der Waals surface area contributed by atoms with Gasteiger partial charge in [-0.15, -0.1) is 0 Å². The van der Waals surface area contributed by atoms with Gasteiger partial charge in [0.1, 0.15) is 0 Å². The van der Waals surface area contributed by atoms with Crippen molar-refractivity contribution in [1.29, 1.82) is 0 Å². The lowest BCUT2D eigenvalue weighted by Crippen LogP contribution is -2.32. The molecule has 3 nitrogen and oxygen atoms in total. The Balaban J connectivity index is 3.56. The van der Waals surface area contributed by atoms with Gasteiger partial charge in [0.2, 0.25) is 0 Å². The van der Waals surface area contributed by atoms with Crippen LogP contribution in [0.2, 0.25) is 0 Å². The summed E-state index contributed by atoms with van der Waals surface area (Å²) in [6.45, 7) is 4.77. The van der Waals surface area contributed by atoms with E-state index in [9.17, 15) is 4.79 Å². The molecule has 0 aromatic carbocycles. The molecule has 0 saturated heterocycles. The molecule has 0 rings (SSSR count). The Bertz CT molecular complexity index is 141.